The third kappa shape index (κ3) is 3.21. The Labute approximate surface area is 101 Å². The van der Waals surface area contributed by atoms with Crippen molar-refractivity contribution in [3.8, 4) is 0 Å². The van der Waals surface area contributed by atoms with E-state index >= 15 is 0 Å². The topological polar surface area (TPSA) is 15.3 Å². The second-order valence-electron chi connectivity index (χ2n) is 5.84. The molecule has 2 atom stereocenters. The first-order valence-corrected chi connectivity index (χ1v) is 7.27. The fraction of sp³-hybridized carbons (Fsp3) is 1.00. The number of piperidine rings is 1. The van der Waals surface area contributed by atoms with E-state index in [4.69, 9.17) is 0 Å². The van der Waals surface area contributed by atoms with Crippen LogP contribution in [-0.4, -0.2) is 36.6 Å². The average molecular weight is 224 g/mol. The van der Waals surface area contributed by atoms with Crippen molar-refractivity contribution in [1.82, 2.24) is 10.2 Å². The SMILES string of the molecule is CCCNC1CCN(C2CCC(C)C2)CC1. The molecule has 94 valence electrons. The Hall–Kier alpha value is -0.0800. The molecule has 1 saturated heterocycles. The summed E-state index contributed by atoms with van der Waals surface area (Å²) in [7, 11) is 0. The first-order valence-electron chi connectivity index (χ1n) is 7.27. The molecule has 0 radical (unpaired) electrons. The number of nitrogens with zero attached hydrogens (tertiary/aromatic N) is 1. The van der Waals surface area contributed by atoms with Crippen LogP contribution in [0, 0.1) is 5.92 Å². The van der Waals surface area contributed by atoms with E-state index in [9.17, 15) is 0 Å². The van der Waals surface area contributed by atoms with E-state index in [-0.39, 0.29) is 0 Å². The molecular weight excluding hydrogens is 196 g/mol. The lowest BCUT2D eigenvalue weighted by Crippen LogP contribution is -2.46. The van der Waals surface area contributed by atoms with E-state index in [0.717, 1.165) is 18.0 Å². The summed E-state index contributed by atoms with van der Waals surface area (Å²) < 4.78 is 0. The second-order valence-corrected chi connectivity index (χ2v) is 5.84. The van der Waals surface area contributed by atoms with Crippen molar-refractivity contribution in [3.63, 3.8) is 0 Å². The van der Waals surface area contributed by atoms with Gasteiger partial charge in [0.25, 0.3) is 0 Å². The van der Waals surface area contributed by atoms with Crippen molar-refractivity contribution in [1.29, 1.82) is 0 Å². The van der Waals surface area contributed by atoms with E-state index in [1.807, 2.05) is 0 Å². The third-order valence-electron chi connectivity index (χ3n) is 4.40. The fourth-order valence-corrected chi connectivity index (χ4v) is 3.33. The number of rotatable bonds is 4. The predicted octanol–water partition coefficient (Wildman–Crippen LogP) is 2.64. The summed E-state index contributed by atoms with van der Waals surface area (Å²) in [5, 5.41) is 3.66. The van der Waals surface area contributed by atoms with Crippen molar-refractivity contribution in [2.75, 3.05) is 19.6 Å². The molecule has 2 fully saturated rings. The van der Waals surface area contributed by atoms with Gasteiger partial charge in [0.05, 0.1) is 0 Å². The van der Waals surface area contributed by atoms with Gasteiger partial charge in [0.1, 0.15) is 0 Å². The van der Waals surface area contributed by atoms with Crippen LogP contribution in [0.3, 0.4) is 0 Å². The molecule has 2 unspecified atom stereocenters. The lowest BCUT2D eigenvalue weighted by atomic mass is 10.0. The highest BCUT2D eigenvalue weighted by atomic mass is 15.2. The maximum Gasteiger partial charge on any atom is 0.00979 e. The molecule has 2 aliphatic rings. The highest BCUT2D eigenvalue weighted by Crippen LogP contribution is 2.30. The van der Waals surface area contributed by atoms with Gasteiger partial charge < -0.3 is 10.2 Å². The molecule has 1 saturated carbocycles. The van der Waals surface area contributed by atoms with E-state index in [1.165, 1.54) is 58.2 Å². The zero-order valence-electron chi connectivity index (χ0n) is 11.0. The van der Waals surface area contributed by atoms with Gasteiger partial charge in [-0.3, -0.25) is 0 Å². The molecule has 1 heterocycles. The Kier molecular flexibility index (Phi) is 4.66. The largest absolute Gasteiger partial charge is 0.314 e. The maximum atomic E-state index is 3.66. The van der Waals surface area contributed by atoms with Gasteiger partial charge in [0.15, 0.2) is 0 Å². The highest BCUT2D eigenvalue weighted by molar-refractivity contribution is 4.85. The highest BCUT2D eigenvalue weighted by Gasteiger charge is 2.29. The molecule has 0 bridgehead atoms. The van der Waals surface area contributed by atoms with Crippen LogP contribution < -0.4 is 5.32 Å². The lowest BCUT2D eigenvalue weighted by Gasteiger charge is -2.36. The molecule has 0 aromatic carbocycles. The molecule has 1 N–H and O–H groups in total. The van der Waals surface area contributed by atoms with Crippen LogP contribution in [0.1, 0.15) is 52.4 Å². The molecule has 1 aliphatic heterocycles. The minimum absolute atomic E-state index is 0.801. The molecule has 0 spiro atoms. The molecule has 1 aliphatic carbocycles. The molecule has 0 amide bonds. The van der Waals surface area contributed by atoms with E-state index in [0.29, 0.717) is 0 Å². The zero-order valence-corrected chi connectivity index (χ0v) is 11.0. The molecule has 2 heteroatoms. The quantitative estimate of drug-likeness (QED) is 0.790. The standard InChI is InChI=1S/C14H28N2/c1-3-8-15-13-6-9-16(10-7-13)14-5-4-12(2)11-14/h12-15H,3-11H2,1-2H3. The normalized spacial score (nSPS) is 33.4. The van der Waals surface area contributed by atoms with Crippen LogP contribution in [0.5, 0.6) is 0 Å². The molecular formula is C14H28N2. The Morgan fingerprint density at radius 2 is 1.88 bits per heavy atom. The number of hydrogen-bond acceptors (Lipinski definition) is 2. The van der Waals surface area contributed by atoms with Gasteiger partial charge in [0, 0.05) is 12.1 Å². The van der Waals surface area contributed by atoms with Gasteiger partial charge in [-0.25, -0.2) is 0 Å². The summed E-state index contributed by atoms with van der Waals surface area (Å²) in [6.07, 6.45) is 8.36. The molecule has 0 aromatic heterocycles. The fourth-order valence-electron chi connectivity index (χ4n) is 3.33. The van der Waals surface area contributed by atoms with E-state index < -0.39 is 0 Å². The van der Waals surface area contributed by atoms with Crippen LogP contribution in [0.15, 0.2) is 0 Å². The van der Waals surface area contributed by atoms with Crippen molar-refractivity contribution >= 4 is 0 Å². The average Bonchev–Trinajstić information content (AvgIpc) is 2.74. The zero-order chi connectivity index (χ0) is 11.4. The van der Waals surface area contributed by atoms with Gasteiger partial charge in [-0.2, -0.15) is 0 Å². The molecule has 0 aromatic rings. The molecule has 16 heavy (non-hydrogen) atoms. The van der Waals surface area contributed by atoms with Crippen LogP contribution >= 0.6 is 0 Å². The van der Waals surface area contributed by atoms with Crippen molar-refractivity contribution < 1.29 is 0 Å². The van der Waals surface area contributed by atoms with E-state index in [2.05, 4.69) is 24.1 Å². The molecule has 2 nitrogen and oxygen atoms in total. The van der Waals surface area contributed by atoms with Gasteiger partial charge in [-0.05, 0) is 64.1 Å². The van der Waals surface area contributed by atoms with Crippen LogP contribution in [-0.2, 0) is 0 Å². The predicted molar refractivity (Wildman–Crippen MR) is 69.7 cm³/mol. The maximum absolute atomic E-state index is 3.66. The molecule has 2 rings (SSSR count). The van der Waals surface area contributed by atoms with Crippen molar-refractivity contribution in [3.05, 3.63) is 0 Å². The summed E-state index contributed by atoms with van der Waals surface area (Å²) >= 11 is 0. The number of hydrogen-bond donors (Lipinski definition) is 1. The van der Waals surface area contributed by atoms with Crippen molar-refractivity contribution in [2.45, 2.75) is 64.5 Å². The van der Waals surface area contributed by atoms with Gasteiger partial charge in [0.2, 0.25) is 0 Å². The summed E-state index contributed by atoms with van der Waals surface area (Å²) in [5.41, 5.74) is 0. The van der Waals surface area contributed by atoms with Gasteiger partial charge >= 0.3 is 0 Å². The van der Waals surface area contributed by atoms with Gasteiger partial charge in [-0.15, -0.1) is 0 Å². The Bertz CT molecular complexity index is 197. The second kappa shape index (κ2) is 6.02. The Morgan fingerprint density at radius 3 is 2.44 bits per heavy atom. The third-order valence-corrected chi connectivity index (χ3v) is 4.40. The summed E-state index contributed by atoms with van der Waals surface area (Å²) in [5.74, 6) is 0.973. The summed E-state index contributed by atoms with van der Waals surface area (Å²) in [6.45, 7) is 8.53. The van der Waals surface area contributed by atoms with Crippen molar-refractivity contribution in [2.24, 2.45) is 5.92 Å². The van der Waals surface area contributed by atoms with Crippen LogP contribution in [0.25, 0.3) is 0 Å². The van der Waals surface area contributed by atoms with Crippen LogP contribution in [0.4, 0.5) is 0 Å². The Balaban J connectivity index is 1.68. The smallest absolute Gasteiger partial charge is 0.00979 e. The Morgan fingerprint density at radius 1 is 1.12 bits per heavy atom. The van der Waals surface area contributed by atoms with Crippen LogP contribution in [0.2, 0.25) is 0 Å². The minimum atomic E-state index is 0.801. The van der Waals surface area contributed by atoms with Gasteiger partial charge in [-0.1, -0.05) is 13.8 Å². The number of likely N-dealkylation sites (tertiary alicyclic amines) is 1. The summed E-state index contributed by atoms with van der Waals surface area (Å²) in [4.78, 5) is 2.76. The minimum Gasteiger partial charge on any atom is -0.314 e. The first kappa shape index (κ1) is 12.4. The number of nitrogens with one attached hydrogen (secondary N) is 1. The lowest BCUT2D eigenvalue weighted by molar-refractivity contribution is 0.143. The first-order chi connectivity index (χ1) is 7.79. The summed E-state index contributed by atoms with van der Waals surface area (Å²) in [6, 6.07) is 1.72. The van der Waals surface area contributed by atoms with E-state index in [1.54, 1.807) is 0 Å². The monoisotopic (exact) mass is 224 g/mol.